The molecule has 1 aromatic heterocycles. The predicted octanol–water partition coefficient (Wildman–Crippen LogP) is -5.31. The molecule has 0 radical (unpaired) electrons. The van der Waals surface area contributed by atoms with Crippen LogP contribution in [-0.2, 0) is 87.9 Å². The molecular formula is C67H113N21O19. The zero-order chi connectivity index (χ0) is 80.6. The number of hydrogen-bond donors (Lipinski definition) is 21. The number of hydrogen-bond acceptors (Lipinski definition) is 20. The molecule has 26 N–H and O–H groups in total. The first-order chi connectivity index (χ1) is 50.5. The molecule has 1 aliphatic rings. The normalized spacial score (nSPS) is 18.8. The fourth-order valence-corrected chi connectivity index (χ4v) is 11.1. The third-order valence-corrected chi connectivity index (χ3v) is 17.5. The van der Waals surface area contributed by atoms with E-state index in [2.05, 4.69) is 78.8 Å². The summed E-state index contributed by atoms with van der Waals surface area (Å²) in [5.41, 5.74) is 28.5. The Morgan fingerprint density at radius 1 is 0.607 bits per heavy atom. The lowest BCUT2D eigenvalue weighted by Crippen LogP contribution is -2.62. The number of nitrogens with one attached hydrogen (secondary N) is 14. The van der Waals surface area contributed by atoms with Crippen LogP contribution in [0.2, 0.25) is 0 Å². The third kappa shape index (κ3) is 34.9. The molecule has 0 aromatic carbocycles. The monoisotopic (exact) mass is 1520 g/mol. The Balaban J connectivity index is 2.63. The standard InChI is InChI=1S/C67H113N21O19/c1-9-12-18-39(55(95)82-44(23-25-50(92)93)60(100)87-52(36(7)11-3)64(104)86-51(54(70)94)35(6)10-2)79-61(101)45(29-34(4)5)83-57(97)40(19-13-15-26-68)78-56(96)42(21-17-28-75-67(71)72)81-63(103)47(31-48(69)90)84-58(98)41-20-14-16-27-74-49(91)24-22-43(77-37(8)89)59(99)88-53(66(106)107)65(105)85-46(62(102)80-41)30-38-32-73-33-76-38/h32-36,39-47,51-53H,9-31,68H2,1-8H3,(H2,69,90)(H2,70,94)(H,73,76)(H,74,91)(H,77,89)(H,78,96)(H,79,101)(H,80,102)(H,81,103)(H,82,95)(H,83,97)(H,84,98)(H,85,105)(H,86,104)(H,87,100)(H,88,99)(H,92,93)(H,106,107)(H4,71,72,75)/t35-,36-,39-,40-,41-,42-,43-,44-,45-,46-,47-,51-,52-,53+/m0/s1. The van der Waals surface area contributed by atoms with Gasteiger partial charge in [0.1, 0.15) is 66.5 Å². The first-order valence-electron chi connectivity index (χ1n) is 36.1. The number of aliphatic imine (C=N–C) groups is 1. The predicted molar refractivity (Wildman–Crippen MR) is 385 cm³/mol. The van der Waals surface area contributed by atoms with Gasteiger partial charge in [-0.25, -0.2) is 9.78 Å². The molecule has 14 atom stereocenters. The highest BCUT2D eigenvalue weighted by Gasteiger charge is 2.40. The molecule has 600 valence electrons. The van der Waals surface area contributed by atoms with Crippen molar-refractivity contribution < 1.29 is 91.7 Å². The Bertz CT molecular complexity index is 3220. The van der Waals surface area contributed by atoms with Crippen molar-refractivity contribution in [3.05, 3.63) is 18.2 Å². The Morgan fingerprint density at radius 3 is 1.66 bits per heavy atom. The number of carboxylic acid groups (broad SMARTS) is 2. The topological polar surface area (TPSA) is 658 Å². The van der Waals surface area contributed by atoms with E-state index in [4.69, 9.17) is 28.7 Å². The summed E-state index contributed by atoms with van der Waals surface area (Å²) in [6.07, 6.45) is 0.954. The third-order valence-electron chi connectivity index (χ3n) is 17.5. The van der Waals surface area contributed by atoms with E-state index in [1.165, 1.54) is 12.5 Å². The summed E-state index contributed by atoms with van der Waals surface area (Å²) < 4.78 is 0. The molecule has 2 rings (SSSR count). The molecule has 0 bridgehead atoms. The number of aromatic amines is 1. The minimum atomic E-state index is -2.39. The van der Waals surface area contributed by atoms with Crippen molar-refractivity contribution in [2.75, 3.05) is 19.6 Å². The van der Waals surface area contributed by atoms with E-state index in [-0.39, 0.29) is 114 Å². The van der Waals surface area contributed by atoms with Crippen LogP contribution in [0, 0.1) is 17.8 Å². The SMILES string of the molecule is CCCC[C@H](NC(=O)[C@H](CC(C)C)NC(=O)[C@H](CCCCN)NC(=O)[C@H](CCCN=C(N)N)NC(=O)[C@H](CC(N)=O)NC(=O)[C@@H]1CCCCNC(=O)CC[C@H](NC(C)=O)C(=O)N[C@@H](C(=O)O)C(=O)N[C@@H](Cc2cnc[nH]2)C(=O)N1)C(=O)N[C@@H](CCC(=O)O)C(=O)N[C@H](C(=O)N[C@H](C(N)=O)[C@@H](C)CC)[C@@H](C)CC. The van der Waals surface area contributed by atoms with Gasteiger partial charge in [0.05, 0.1) is 12.7 Å². The molecule has 0 aliphatic carbocycles. The van der Waals surface area contributed by atoms with E-state index < -0.39 is 205 Å². The van der Waals surface area contributed by atoms with Crippen LogP contribution in [0.25, 0.3) is 0 Å². The van der Waals surface area contributed by atoms with E-state index in [0.29, 0.717) is 32.1 Å². The van der Waals surface area contributed by atoms with Crippen LogP contribution in [0.15, 0.2) is 17.5 Å². The van der Waals surface area contributed by atoms with Gasteiger partial charge in [0.2, 0.25) is 88.7 Å². The molecule has 15 amide bonds. The van der Waals surface area contributed by atoms with Gasteiger partial charge in [0.15, 0.2) is 5.96 Å². The van der Waals surface area contributed by atoms with Crippen molar-refractivity contribution in [1.82, 2.24) is 79.1 Å². The minimum absolute atomic E-state index is 0.0232. The molecule has 0 unspecified atom stereocenters. The van der Waals surface area contributed by atoms with E-state index in [0.717, 1.165) is 6.92 Å². The van der Waals surface area contributed by atoms with Gasteiger partial charge in [0.25, 0.3) is 5.91 Å². The number of carbonyl (C=O) groups is 17. The second-order valence-electron chi connectivity index (χ2n) is 26.9. The maximum absolute atomic E-state index is 14.7. The molecule has 0 saturated carbocycles. The smallest absolute Gasteiger partial charge is 0.336 e. The number of nitrogens with two attached hydrogens (primary N) is 5. The van der Waals surface area contributed by atoms with E-state index in [9.17, 15) is 91.7 Å². The summed E-state index contributed by atoms with van der Waals surface area (Å²) in [4.78, 5) is 242. The number of aliphatic carboxylic acids is 2. The molecule has 40 heteroatoms. The van der Waals surface area contributed by atoms with Crippen LogP contribution in [-0.4, -0.2) is 219 Å². The quantitative estimate of drug-likeness (QED) is 0.0126. The van der Waals surface area contributed by atoms with Crippen molar-refractivity contribution >= 4 is 107 Å². The van der Waals surface area contributed by atoms with Crippen LogP contribution in [0.5, 0.6) is 0 Å². The van der Waals surface area contributed by atoms with Crippen LogP contribution in [0.3, 0.4) is 0 Å². The Morgan fingerprint density at radius 2 is 1.15 bits per heavy atom. The van der Waals surface area contributed by atoms with Crippen LogP contribution in [0.4, 0.5) is 0 Å². The highest BCUT2D eigenvalue weighted by molar-refractivity contribution is 6.07. The second-order valence-corrected chi connectivity index (χ2v) is 26.9. The number of carboxylic acids is 2. The number of carbonyl (C=O) groups excluding carboxylic acids is 15. The molecule has 0 spiro atoms. The number of nitrogens with zero attached hydrogens (tertiary/aromatic N) is 2. The largest absolute Gasteiger partial charge is 0.481 e. The number of amides is 15. The maximum Gasteiger partial charge on any atom is 0.336 e. The molecule has 1 fully saturated rings. The molecule has 40 nitrogen and oxygen atoms in total. The Hall–Kier alpha value is -10.6. The highest BCUT2D eigenvalue weighted by atomic mass is 16.4. The van der Waals surface area contributed by atoms with Gasteiger partial charge in [-0.05, 0) is 101 Å². The number of H-pyrrole nitrogens is 1. The van der Waals surface area contributed by atoms with Crippen molar-refractivity contribution in [2.24, 2.45) is 51.4 Å². The Labute approximate surface area is 620 Å². The molecule has 2 heterocycles. The van der Waals surface area contributed by atoms with Gasteiger partial charge < -0.3 is 113 Å². The second kappa shape index (κ2) is 48.5. The van der Waals surface area contributed by atoms with E-state index in [1.54, 1.807) is 48.5 Å². The summed E-state index contributed by atoms with van der Waals surface area (Å²) in [5.74, 6) is -19.6. The van der Waals surface area contributed by atoms with Crippen molar-refractivity contribution in [2.45, 2.75) is 256 Å². The number of primary amides is 2. The van der Waals surface area contributed by atoms with Crippen LogP contribution in [0.1, 0.15) is 183 Å². The number of aromatic nitrogens is 2. The van der Waals surface area contributed by atoms with Gasteiger partial charge in [0, 0.05) is 51.2 Å². The summed E-state index contributed by atoms with van der Waals surface area (Å²) in [6, 6.07) is -19.1. The molecule has 107 heavy (non-hydrogen) atoms. The summed E-state index contributed by atoms with van der Waals surface area (Å²) in [7, 11) is 0. The van der Waals surface area contributed by atoms with Crippen LogP contribution >= 0.6 is 0 Å². The first-order valence-corrected chi connectivity index (χ1v) is 36.1. The summed E-state index contributed by atoms with van der Waals surface area (Å²) >= 11 is 0. The zero-order valence-corrected chi connectivity index (χ0v) is 62.2. The minimum Gasteiger partial charge on any atom is -0.481 e. The van der Waals surface area contributed by atoms with E-state index in [1.807, 2.05) is 5.32 Å². The van der Waals surface area contributed by atoms with Gasteiger partial charge in [-0.2, -0.15) is 0 Å². The van der Waals surface area contributed by atoms with Crippen molar-refractivity contribution in [3.63, 3.8) is 0 Å². The number of guanidine groups is 1. The lowest BCUT2D eigenvalue weighted by molar-refractivity contribution is -0.148. The van der Waals surface area contributed by atoms with Crippen molar-refractivity contribution in [3.8, 4) is 0 Å². The first kappa shape index (κ1) is 92.5. The number of unbranched alkanes of at least 4 members (excludes halogenated alkanes) is 2. The average Bonchev–Trinajstić information content (AvgIpc) is 1.28. The highest BCUT2D eigenvalue weighted by Crippen LogP contribution is 2.16. The number of imidazole rings is 1. The zero-order valence-electron chi connectivity index (χ0n) is 62.2. The summed E-state index contributed by atoms with van der Waals surface area (Å²) in [5, 5.41) is 52.2. The van der Waals surface area contributed by atoms with Gasteiger partial charge in [-0.3, -0.25) is 81.7 Å². The van der Waals surface area contributed by atoms with Crippen LogP contribution < -0.4 is 97.8 Å². The van der Waals surface area contributed by atoms with E-state index >= 15 is 0 Å². The van der Waals surface area contributed by atoms with Gasteiger partial charge in [-0.15, -0.1) is 0 Å². The fraction of sp³-hybridized carbons (Fsp3) is 0.687. The van der Waals surface area contributed by atoms with Gasteiger partial charge in [-0.1, -0.05) is 74.1 Å². The molecule has 1 aliphatic heterocycles. The molecular weight excluding hydrogens is 1400 g/mol. The van der Waals surface area contributed by atoms with Crippen molar-refractivity contribution in [1.29, 1.82) is 0 Å². The molecule has 1 saturated heterocycles. The maximum atomic E-state index is 14.7. The Kier molecular flexibility index (Phi) is 42.0. The fourth-order valence-electron chi connectivity index (χ4n) is 11.1. The lowest BCUT2D eigenvalue weighted by Gasteiger charge is -2.30. The number of rotatable bonds is 43. The summed E-state index contributed by atoms with van der Waals surface area (Å²) in [6.45, 7) is 13.2. The lowest BCUT2D eigenvalue weighted by atomic mass is 9.94. The molecule has 1 aromatic rings. The van der Waals surface area contributed by atoms with Gasteiger partial charge >= 0.3 is 11.9 Å². The average molecular weight is 1520 g/mol.